The van der Waals surface area contributed by atoms with Gasteiger partial charge in [0.25, 0.3) is 5.56 Å². The number of anilines is 1. The molecule has 0 bridgehead atoms. The van der Waals surface area contributed by atoms with Gasteiger partial charge in [-0.3, -0.25) is 4.79 Å². The van der Waals surface area contributed by atoms with Crippen LogP contribution >= 0.6 is 11.6 Å². The number of nitrogens with zero attached hydrogens (tertiary/aromatic N) is 2. The van der Waals surface area contributed by atoms with E-state index in [0.717, 1.165) is 19.0 Å². The molecule has 1 aliphatic rings. The van der Waals surface area contributed by atoms with Crippen molar-refractivity contribution < 1.29 is 18.3 Å². The first kappa shape index (κ1) is 15.1. The molecule has 1 aromatic rings. The molecule has 5 nitrogen and oxygen atoms in total. The normalized spacial score (nSPS) is 17.1. The van der Waals surface area contributed by atoms with Gasteiger partial charge < -0.3 is 10.4 Å². The number of rotatable bonds is 5. The van der Waals surface area contributed by atoms with Crippen molar-refractivity contribution in [2.24, 2.45) is 5.41 Å². The van der Waals surface area contributed by atoms with Crippen LogP contribution in [0.5, 0.6) is 0 Å². The minimum atomic E-state index is -4.54. The van der Waals surface area contributed by atoms with E-state index in [1.54, 1.807) is 0 Å². The van der Waals surface area contributed by atoms with E-state index in [1.807, 2.05) is 0 Å². The molecule has 20 heavy (non-hydrogen) atoms. The fourth-order valence-electron chi connectivity index (χ4n) is 1.72. The third-order valence-electron chi connectivity index (χ3n) is 3.26. The Morgan fingerprint density at radius 2 is 2.15 bits per heavy atom. The van der Waals surface area contributed by atoms with Gasteiger partial charge in [-0.1, -0.05) is 11.6 Å². The lowest BCUT2D eigenvalue weighted by atomic mass is 10.1. The Kier molecular flexibility index (Phi) is 3.97. The summed E-state index contributed by atoms with van der Waals surface area (Å²) in [7, 11) is 0. The predicted molar refractivity (Wildman–Crippen MR) is 66.8 cm³/mol. The van der Waals surface area contributed by atoms with E-state index in [4.69, 9.17) is 16.7 Å². The van der Waals surface area contributed by atoms with Gasteiger partial charge in [-0.25, -0.2) is 4.68 Å². The summed E-state index contributed by atoms with van der Waals surface area (Å²) in [4.78, 5) is 11.7. The average Bonchev–Trinajstić information content (AvgIpc) is 3.13. The van der Waals surface area contributed by atoms with Gasteiger partial charge in [-0.05, 0) is 12.8 Å². The quantitative estimate of drug-likeness (QED) is 0.867. The van der Waals surface area contributed by atoms with Crippen LogP contribution in [0.25, 0.3) is 0 Å². The highest BCUT2D eigenvalue weighted by Gasteiger charge is 2.41. The molecule has 1 fully saturated rings. The second kappa shape index (κ2) is 5.25. The number of aliphatic hydroxyl groups excluding tert-OH is 1. The van der Waals surface area contributed by atoms with Crippen molar-refractivity contribution in [3.05, 3.63) is 21.6 Å². The summed E-state index contributed by atoms with van der Waals surface area (Å²) in [5, 5.41) is 15.1. The summed E-state index contributed by atoms with van der Waals surface area (Å²) in [5.74, 6) is 0. The molecular weight excluding hydrogens is 299 g/mol. The molecule has 2 N–H and O–H groups in total. The standard InChI is InChI=1S/C11H13ClF3N3O2/c12-8-7(16-4-10(6-19)1-2-10)3-17-18(9(8)20)5-11(13,14)15/h3,16,19H,1-2,4-6H2. The molecule has 0 spiro atoms. The third-order valence-corrected chi connectivity index (χ3v) is 3.63. The molecule has 0 aliphatic heterocycles. The molecule has 0 atom stereocenters. The number of aliphatic hydroxyl groups is 1. The molecular formula is C11H13ClF3N3O2. The lowest BCUT2D eigenvalue weighted by Crippen LogP contribution is -2.31. The molecule has 0 unspecified atom stereocenters. The van der Waals surface area contributed by atoms with Gasteiger partial charge in [0.05, 0.1) is 18.5 Å². The Morgan fingerprint density at radius 1 is 1.50 bits per heavy atom. The maximum atomic E-state index is 12.2. The van der Waals surface area contributed by atoms with E-state index >= 15 is 0 Å². The molecule has 9 heteroatoms. The molecule has 1 aliphatic carbocycles. The number of hydrogen-bond acceptors (Lipinski definition) is 4. The summed E-state index contributed by atoms with van der Waals surface area (Å²) in [6, 6.07) is 0. The molecule has 0 radical (unpaired) electrons. The van der Waals surface area contributed by atoms with Crippen molar-refractivity contribution >= 4 is 17.3 Å². The lowest BCUT2D eigenvalue weighted by molar-refractivity contribution is -0.143. The van der Waals surface area contributed by atoms with Crippen LogP contribution in [-0.2, 0) is 6.54 Å². The smallest absolute Gasteiger partial charge is 0.396 e. The Balaban J connectivity index is 2.12. The van der Waals surface area contributed by atoms with Crippen LogP contribution in [0.2, 0.25) is 5.02 Å². The molecule has 0 amide bonds. The largest absolute Gasteiger partial charge is 0.408 e. The zero-order chi connectivity index (χ0) is 15.0. The summed E-state index contributed by atoms with van der Waals surface area (Å²) >= 11 is 5.75. The van der Waals surface area contributed by atoms with E-state index in [1.165, 1.54) is 0 Å². The van der Waals surface area contributed by atoms with Gasteiger partial charge >= 0.3 is 6.18 Å². The van der Waals surface area contributed by atoms with Crippen LogP contribution < -0.4 is 10.9 Å². The molecule has 0 saturated heterocycles. The Bertz CT molecular complexity index is 555. The topological polar surface area (TPSA) is 67.2 Å². The third kappa shape index (κ3) is 3.43. The highest BCUT2D eigenvalue weighted by atomic mass is 35.5. The van der Waals surface area contributed by atoms with Gasteiger partial charge in [-0.15, -0.1) is 0 Å². The number of halogens is 4. The number of hydrogen-bond donors (Lipinski definition) is 2. The summed E-state index contributed by atoms with van der Waals surface area (Å²) < 4.78 is 36.9. The van der Waals surface area contributed by atoms with Crippen molar-refractivity contribution in [2.75, 3.05) is 18.5 Å². The maximum Gasteiger partial charge on any atom is 0.408 e. The monoisotopic (exact) mass is 311 g/mol. The summed E-state index contributed by atoms with van der Waals surface area (Å²) in [6.07, 6.45) is -1.74. The van der Waals surface area contributed by atoms with Crippen LogP contribution in [0.3, 0.4) is 0 Å². The van der Waals surface area contributed by atoms with Crippen molar-refractivity contribution in [1.82, 2.24) is 9.78 Å². The van der Waals surface area contributed by atoms with Crippen LogP contribution in [0.15, 0.2) is 11.0 Å². The van der Waals surface area contributed by atoms with E-state index in [-0.39, 0.29) is 27.4 Å². The zero-order valence-electron chi connectivity index (χ0n) is 10.4. The van der Waals surface area contributed by atoms with Crippen molar-refractivity contribution in [3.63, 3.8) is 0 Å². The number of nitrogens with one attached hydrogen (secondary N) is 1. The second-order valence-electron chi connectivity index (χ2n) is 4.96. The first-order valence-corrected chi connectivity index (χ1v) is 6.31. The van der Waals surface area contributed by atoms with Gasteiger partial charge in [0, 0.05) is 12.0 Å². The summed E-state index contributed by atoms with van der Waals surface area (Å²) in [6.45, 7) is -1.07. The van der Waals surface area contributed by atoms with Crippen molar-refractivity contribution in [3.8, 4) is 0 Å². The molecule has 2 rings (SSSR count). The first-order chi connectivity index (χ1) is 9.26. The van der Waals surface area contributed by atoms with Gasteiger partial charge in [0.2, 0.25) is 0 Å². The minimum absolute atomic E-state index is 0.0101. The van der Waals surface area contributed by atoms with Crippen LogP contribution in [0, 0.1) is 5.41 Å². The fourth-order valence-corrected chi connectivity index (χ4v) is 1.93. The SMILES string of the molecule is O=c1c(Cl)c(NCC2(CO)CC2)cnn1CC(F)(F)F. The highest BCUT2D eigenvalue weighted by Crippen LogP contribution is 2.45. The van der Waals surface area contributed by atoms with E-state index < -0.39 is 18.3 Å². The highest BCUT2D eigenvalue weighted by molar-refractivity contribution is 6.32. The Morgan fingerprint density at radius 3 is 2.65 bits per heavy atom. The maximum absolute atomic E-state index is 12.2. The van der Waals surface area contributed by atoms with Gasteiger partial charge in [-0.2, -0.15) is 18.3 Å². The average molecular weight is 312 g/mol. The van der Waals surface area contributed by atoms with Crippen LogP contribution in [-0.4, -0.2) is 34.2 Å². The Hall–Kier alpha value is -1.28. The van der Waals surface area contributed by atoms with E-state index in [9.17, 15) is 18.0 Å². The van der Waals surface area contributed by atoms with Gasteiger partial charge in [0.1, 0.15) is 11.6 Å². The summed E-state index contributed by atoms with van der Waals surface area (Å²) in [5.41, 5.74) is -1.04. The van der Waals surface area contributed by atoms with Gasteiger partial charge in [0.15, 0.2) is 0 Å². The fraction of sp³-hybridized carbons (Fsp3) is 0.636. The molecule has 1 heterocycles. The predicted octanol–water partition coefficient (Wildman–Crippen LogP) is 1.64. The van der Waals surface area contributed by atoms with Crippen molar-refractivity contribution in [2.45, 2.75) is 25.6 Å². The van der Waals surface area contributed by atoms with E-state index in [0.29, 0.717) is 6.54 Å². The zero-order valence-corrected chi connectivity index (χ0v) is 11.1. The van der Waals surface area contributed by atoms with Crippen LogP contribution in [0.4, 0.5) is 18.9 Å². The number of alkyl halides is 3. The second-order valence-corrected chi connectivity index (χ2v) is 5.34. The van der Waals surface area contributed by atoms with Crippen molar-refractivity contribution in [1.29, 1.82) is 0 Å². The van der Waals surface area contributed by atoms with Crippen LogP contribution in [0.1, 0.15) is 12.8 Å². The Labute approximate surface area is 117 Å². The molecule has 1 aromatic heterocycles. The number of aromatic nitrogens is 2. The molecule has 0 aromatic carbocycles. The lowest BCUT2D eigenvalue weighted by Gasteiger charge is -2.15. The molecule has 112 valence electrons. The molecule has 1 saturated carbocycles. The first-order valence-electron chi connectivity index (χ1n) is 5.93. The van der Waals surface area contributed by atoms with E-state index in [2.05, 4.69) is 10.4 Å². The minimum Gasteiger partial charge on any atom is -0.396 e.